The molecule has 14 heteroatoms. The number of carbonyl (C=O) groups is 3. The van der Waals surface area contributed by atoms with Gasteiger partial charge in [-0.1, -0.05) is 100 Å². The first-order chi connectivity index (χ1) is 30.5. The smallest absolute Gasteiger partial charge is 0.410 e. The predicted octanol–water partition coefficient (Wildman–Crippen LogP) is 8.08. The number of carbonyl (C=O) groups excluding carboxylic acids is 3. The lowest BCUT2D eigenvalue weighted by Crippen LogP contribution is -2.56. The number of fused-ring (bicyclic) bond motifs is 7. The first-order valence-corrected chi connectivity index (χ1v) is 21.3. The van der Waals surface area contributed by atoms with Crippen molar-refractivity contribution >= 4 is 34.5 Å². The molecule has 4 aliphatic rings. The van der Waals surface area contributed by atoms with E-state index in [1.165, 1.54) is 11.9 Å². The van der Waals surface area contributed by atoms with Crippen LogP contribution in [0.4, 0.5) is 10.5 Å². The van der Waals surface area contributed by atoms with Crippen molar-refractivity contribution in [2.75, 3.05) is 12.4 Å². The monoisotopic (exact) mass is 843 g/mol. The number of aromatic nitrogens is 3. The standard InChI is InChI=1S/C49H45N7O7/c1-24(2)38-46-54-40-42(63-46)49-31-15-9-14-29(28-13-10-16-33-37(28)30(21-50-33)36-22-51-45(40)61-36)39(31)55-47(49)62-35-18-17-27(19-32(35)49)20-34(43(57)53-38)52-44(58)41(25(3)4)56(5)48(59)60-23-26-11-7-6-8-12-26/h6-19,21-22,24-25,34,38,41,47,50,55H,20,23H2,1-5H3,(H,52,58)(H,53,57)/t34-,38-,41-,47?,49-/m0/s1. The molecule has 3 amide bonds. The third kappa shape index (κ3) is 5.87. The number of oxazole rings is 2. The van der Waals surface area contributed by atoms with Gasteiger partial charge < -0.3 is 39.2 Å². The van der Waals surface area contributed by atoms with Crippen molar-refractivity contribution in [3.63, 3.8) is 0 Å². The molecule has 4 aromatic carbocycles. The number of hydrogen-bond acceptors (Lipinski definition) is 10. The van der Waals surface area contributed by atoms with Crippen molar-refractivity contribution < 1.29 is 32.7 Å². The second-order valence-electron chi connectivity index (χ2n) is 17.5. The zero-order chi connectivity index (χ0) is 43.3. The average Bonchev–Trinajstić information content (AvgIpc) is 4.11. The summed E-state index contributed by atoms with van der Waals surface area (Å²) >= 11 is 0. The Morgan fingerprint density at radius 2 is 1.75 bits per heavy atom. The van der Waals surface area contributed by atoms with Crippen LogP contribution in [-0.2, 0) is 32.8 Å². The molecule has 5 atom stereocenters. The highest BCUT2D eigenvalue weighted by molar-refractivity contribution is 6.07. The molecule has 10 bridgehead atoms. The Kier molecular flexibility index (Phi) is 8.79. The highest BCUT2D eigenvalue weighted by Gasteiger charge is 2.61. The number of para-hydroxylation sites is 1. The van der Waals surface area contributed by atoms with Crippen molar-refractivity contribution in [3.05, 3.63) is 131 Å². The zero-order valence-electron chi connectivity index (χ0n) is 35.3. The number of benzene rings is 4. The van der Waals surface area contributed by atoms with Gasteiger partial charge in [-0.25, -0.2) is 14.8 Å². The van der Waals surface area contributed by atoms with Crippen LogP contribution < -0.4 is 20.7 Å². The van der Waals surface area contributed by atoms with Crippen molar-refractivity contribution in [3.8, 4) is 39.8 Å². The van der Waals surface area contributed by atoms with Gasteiger partial charge in [-0.05, 0) is 40.7 Å². The fourth-order valence-corrected chi connectivity index (χ4v) is 9.98. The van der Waals surface area contributed by atoms with Gasteiger partial charge in [0.15, 0.2) is 23.4 Å². The summed E-state index contributed by atoms with van der Waals surface area (Å²) in [6, 6.07) is 24.9. The Bertz CT molecular complexity index is 2990. The van der Waals surface area contributed by atoms with Crippen LogP contribution in [-0.4, -0.2) is 63.1 Å². The molecule has 1 spiro atoms. The molecule has 11 rings (SSSR count). The number of nitrogens with one attached hydrogen (secondary N) is 4. The van der Waals surface area contributed by atoms with Crippen LogP contribution in [0.25, 0.3) is 44.9 Å². The lowest BCUT2D eigenvalue weighted by Gasteiger charge is -2.32. The first-order valence-electron chi connectivity index (χ1n) is 21.3. The molecule has 63 heavy (non-hydrogen) atoms. The van der Waals surface area contributed by atoms with Gasteiger partial charge in [0.25, 0.3) is 0 Å². The van der Waals surface area contributed by atoms with Gasteiger partial charge in [0.05, 0.1) is 6.20 Å². The first kappa shape index (κ1) is 38.6. The maximum absolute atomic E-state index is 14.7. The maximum Gasteiger partial charge on any atom is 0.410 e. The number of ether oxygens (including phenoxy) is 2. The minimum absolute atomic E-state index is 0.0505. The van der Waals surface area contributed by atoms with Crippen LogP contribution in [0.3, 0.4) is 0 Å². The molecule has 0 fully saturated rings. The van der Waals surface area contributed by atoms with Crippen LogP contribution in [0.1, 0.15) is 67.6 Å². The highest BCUT2D eigenvalue weighted by Crippen LogP contribution is 2.61. The summed E-state index contributed by atoms with van der Waals surface area (Å²) in [5.74, 6) is 0.683. The number of amides is 3. The SMILES string of the molecule is CC(C)[C@@H]1NC(=O)[C@@H](NC(=O)[C@H](C(C)C)N(C)C(=O)OCc2ccccc2)Cc2ccc3c(c2)[C@]24c5cccc(c5NC2O3)-c2cccc3[nH]cc(c23)-c2cnc(o2)-c2nc1oc24. The van der Waals surface area contributed by atoms with Crippen molar-refractivity contribution in [2.45, 2.75) is 70.5 Å². The number of hydrogen-bond donors (Lipinski definition) is 4. The quantitative estimate of drug-likeness (QED) is 0.123. The molecule has 318 valence electrons. The van der Waals surface area contributed by atoms with E-state index in [-0.39, 0.29) is 36.6 Å². The average molecular weight is 844 g/mol. The molecular weight excluding hydrogens is 799 g/mol. The Balaban J connectivity index is 1.05. The van der Waals surface area contributed by atoms with Gasteiger partial charge in [0.1, 0.15) is 35.9 Å². The van der Waals surface area contributed by atoms with Crippen molar-refractivity contribution in [1.29, 1.82) is 0 Å². The van der Waals surface area contributed by atoms with E-state index in [0.717, 1.165) is 55.5 Å². The molecule has 7 aromatic rings. The fourth-order valence-electron chi connectivity index (χ4n) is 9.98. The van der Waals surface area contributed by atoms with Crippen molar-refractivity contribution in [1.82, 2.24) is 30.5 Å². The van der Waals surface area contributed by atoms with E-state index in [1.54, 1.807) is 6.20 Å². The van der Waals surface area contributed by atoms with Crippen LogP contribution in [0.2, 0.25) is 0 Å². The predicted molar refractivity (Wildman–Crippen MR) is 233 cm³/mol. The van der Waals surface area contributed by atoms with Crippen LogP contribution in [0.15, 0.2) is 106 Å². The molecule has 4 aliphatic heterocycles. The molecule has 1 unspecified atom stereocenters. The van der Waals surface area contributed by atoms with Gasteiger partial charge in [0, 0.05) is 58.5 Å². The Labute approximate surface area is 362 Å². The second-order valence-corrected chi connectivity index (χ2v) is 17.5. The number of rotatable bonds is 7. The van der Waals surface area contributed by atoms with E-state index in [4.69, 9.17) is 28.3 Å². The second kappa shape index (κ2) is 14.4. The topological polar surface area (TPSA) is 177 Å². The summed E-state index contributed by atoms with van der Waals surface area (Å²) in [4.78, 5) is 57.2. The van der Waals surface area contributed by atoms with Crippen LogP contribution in [0, 0.1) is 11.8 Å². The number of aromatic amines is 1. The molecule has 14 nitrogen and oxygen atoms in total. The van der Waals surface area contributed by atoms with Crippen LogP contribution >= 0.6 is 0 Å². The Morgan fingerprint density at radius 1 is 0.937 bits per heavy atom. The molecule has 0 saturated carbocycles. The minimum Gasteiger partial charge on any atom is -0.469 e. The summed E-state index contributed by atoms with van der Waals surface area (Å²) in [7, 11) is 1.54. The molecule has 0 aliphatic carbocycles. The highest BCUT2D eigenvalue weighted by atomic mass is 16.6. The molecule has 4 N–H and O–H groups in total. The van der Waals surface area contributed by atoms with E-state index in [1.807, 2.05) is 94.6 Å². The van der Waals surface area contributed by atoms with Gasteiger partial charge in [-0.2, -0.15) is 0 Å². The zero-order valence-corrected chi connectivity index (χ0v) is 35.3. The molecule has 3 aromatic heterocycles. The van der Waals surface area contributed by atoms with E-state index < -0.39 is 47.7 Å². The number of anilines is 1. The van der Waals surface area contributed by atoms with Gasteiger partial charge in [-0.3, -0.25) is 14.5 Å². The number of likely N-dealkylation sites (N-methyl/N-ethyl adjacent to an activating group) is 1. The minimum atomic E-state index is -1.10. The summed E-state index contributed by atoms with van der Waals surface area (Å²) < 4.78 is 26.2. The van der Waals surface area contributed by atoms with Crippen molar-refractivity contribution in [2.24, 2.45) is 11.8 Å². The summed E-state index contributed by atoms with van der Waals surface area (Å²) in [5, 5.41) is 11.0. The number of H-pyrrole nitrogens is 1. The summed E-state index contributed by atoms with van der Waals surface area (Å²) in [6.07, 6.45) is 2.44. The molecule has 0 saturated heterocycles. The van der Waals surface area contributed by atoms with Crippen LogP contribution in [0.5, 0.6) is 5.75 Å². The fraction of sp³-hybridized carbons (Fsp3) is 0.286. The summed E-state index contributed by atoms with van der Waals surface area (Å²) in [6.45, 7) is 7.69. The third-order valence-electron chi connectivity index (χ3n) is 13.0. The van der Waals surface area contributed by atoms with E-state index in [0.29, 0.717) is 23.0 Å². The van der Waals surface area contributed by atoms with Gasteiger partial charge in [-0.15, -0.1) is 0 Å². The Hall–Kier alpha value is -7.35. The number of nitrogens with zero attached hydrogens (tertiary/aromatic N) is 3. The van der Waals surface area contributed by atoms with Gasteiger partial charge in [0.2, 0.25) is 23.6 Å². The maximum atomic E-state index is 14.7. The summed E-state index contributed by atoms with van der Waals surface area (Å²) in [5.41, 5.74) is 7.25. The molecular formula is C49H45N7O7. The Morgan fingerprint density at radius 3 is 2.56 bits per heavy atom. The normalized spacial score (nSPS) is 20.5. The molecule has 0 radical (unpaired) electrons. The largest absolute Gasteiger partial charge is 0.469 e. The third-order valence-corrected chi connectivity index (χ3v) is 13.0. The van der Waals surface area contributed by atoms with E-state index in [2.05, 4.69) is 45.2 Å². The van der Waals surface area contributed by atoms with Gasteiger partial charge >= 0.3 is 6.09 Å². The van der Waals surface area contributed by atoms with E-state index in [9.17, 15) is 14.4 Å². The molecule has 7 heterocycles. The van der Waals surface area contributed by atoms with E-state index >= 15 is 0 Å². The lowest BCUT2D eigenvalue weighted by atomic mass is 9.72. The lowest BCUT2D eigenvalue weighted by molar-refractivity contribution is -0.133.